The van der Waals surface area contributed by atoms with Crippen molar-refractivity contribution in [3.8, 4) is 23.9 Å². The van der Waals surface area contributed by atoms with Crippen LogP contribution >= 0.6 is 0 Å². The van der Waals surface area contributed by atoms with Crippen molar-refractivity contribution in [2.45, 2.75) is 13.1 Å². The highest BCUT2D eigenvalue weighted by Gasteiger charge is 2.37. The highest BCUT2D eigenvalue weighted by Crippen LogP contribution is 2.36. The third-order valence-corrected chi connectivity index (χ3v) is 3.93. The number of carbonyl (C=O) groups is 1. The minimum absolute atomic E-state index is 0.00827. The highest BCUT2D eigenvalue weighted by atomic mass is 19.4. The van der Waals surface area contributed by atoms with Crippen molar-refractivity contribution < 1.29 is 22.7 Å². The second kappa shape index (κ2) is 7.19. The van der Waals surface area contributed by atoms with E-state index >= 15 is 0 Å². The van der Waals surface area contributed by atoms with Gasteiger partial charge in [0.1, 0.15) is 18.2 Å². The number of nitrogens with zero attached hydrogens (tertiary/aromatic N) is 5. The maximum Gasteiger partial charge on any atom is 0.417 e. The summed E-state index contributed by atoms with van der Waals surface area (Å²) in [6.07, 6.45) is 2.85. The smallest absolute Gasteiger partial charge is 0.417 e. The minimum atomic E-state index is -4.77. The molecule has 0 saturated carbocycles. The van der Waals surface area contributed by atoms with Crippen LogP contribution in [0.5, 0.6) is 5.88 Å². The highest BCUT2D eigenvalue weighted by molar-refractivity contribution is 6.12. The number of ketones is 1. The lowest BCUT2D eigenvalue weighted by Crippen LogP contribution is -2.16. The average Bonchev–Trinajstić information content (AvgIpc) is 3.26. The summed E-state index contributed by atoms with van der Waals surface area (Å²) in [4.78, 5) is 16.7. The number of hydrogen-bond acceptors (Lipinski definition) is 5. The molecule has 0 radical (unpaired) electrons. The molecule has 0 amide bonds. The number of aromatic nitrogens is 5. The molecule has 0 unspecified atom stereocenters. The molecule has 0 N–H and O–H groups in total. The zero-order valence-electron chi connectivity index (χ0n) is 14.9. The molecule has 0 bridgehead atoms. The summed E-state index contributed by atoms with van der Waals surface area (Å²) in [5.41, 5.74) is -1.35. The summed E-state index contributed by atoms with van der Waals surface area (Å²) in [5, 5.41) is 7.87. The van der Waals surface area contributed by atoms with E-state index in [1.54, 1.807) is 0 Å². The van der Waals surface area contributed by atoms with Crippen LogP contribution in [0.1, 0.15) is 27.2 Å². The molecule has 7 nitrogen and oxygen atoms in total. The predicted octanol–water partition coefficient (Wildman–Crippen LogP) is 2.57. The normalized spacial score (nSPS) is 11.3. The summed E-state index contributed by atoms with van der Waals surface area (Å²) in [6.45, 7) is 1.35. The Kier molecular flexibility index (Phi) is 4.92. The van der Waals surface area contributed by atoms with Gasteiger partial charge < -0.3 is 4.74 Å². The van der Waals surface area contributed by atoms with E-state index in [0.717, 1.165) is 12.1 Å². The van der Waals surface area contributed by atoms with Gasteiger partial charge in [0, 0.05) is 12.6 Å². The molecule has 0 fully saturated rings. The maximum absolute atomic E-state index is 13.7. The van der Waals surface area contributed by atoms with Gasteiger partial charge in [-0.3, -0.25) is 4.79 Å². The number of hydrogen-bond donors (Lipinski definition) is 0. The van der Waals surface area contributed by atoms with E-state index in [1.165, 1.54) is 42.1 Å². The van der Waals surface area contributed by atoms with E-state index < -0.39 is 23.1 Å². The maximum atomic E-state index is 13.7. The van der Waals surface area contributed by atoms with E-state index in [0.29, 0.717) is 0 Å². The van der Waals surface area contributed by atoms with Gasteiger partial charge in [0.25, 0.3) is 0 Å². The Morgan fingerprint density at radius 3 is 2.71 bits per heavy atom. The Hall–Kier alpha value is -3.61. The van der Waals surface area contributed by atoms with Crippen LogP contribution in [-0.2, 0) is 13.2 Å². The SMILES string of the molecule is C#CCOc1c(C(=O)c2ccc(-n3cncn3)cc2C(F)(F)F)c(C)nn1C. The molecule has 0 aliphatic carbocycles. The van der Waals surface area contributed by atoms with Gasteiger partial charge in [-0.1, -0.05) is 5.92 Å². The first kappa shape index (κ1) is 19.2. The van der Waals surface area contributed by atoms with Crippen molar-refractivity contribution in [3.05, 3.63) is 53.2 Å². The molecule has 0 aliphatic rings. The van der Waals surface area contributed by atoms with Crippen LogP contribution in [0, 0.1) is 19.3 Å². The molecule has 2 heterocycles. The largest absolute Gasteiger partial charge is 0.464 e. The Balaban J connectivity index is 2.14. The second-order valence-electron chi connectivity index (χ2n) is 5.78. The van der Waals surface area contributed by atoms with Crippen LogP contribution in [0.4, 0.5) is 13.2 Å². The number of ether oxygens (including phenoxy) is 1. The van der Waals surface area contributed by atoms with Crippen LogP contribution in [0.2, 0.25) is 0 Å². The third-order valence-electron chi connectivity index (χ3n) is 3.93. The van der Waals surface area contributed by atoms with Crippen LogP contribution in [-0.4, -0.2) is 36.9 Å². The first-order chi connectivity index (χ1) is 13.2. The van der Waals surface area contributed by atoms with Crippen molar-refractivity contribution in [2.24, 2.45) is 7.05 Å². The molecule has 0 saturated heterocycles. The number of halogens is 3. The van der Waals surface area contributed by atoms with Crippen molar-refractivity contribution in [1.29, 1.82) is 0 Å². The first-order valence-electron chi connectivity index (χ1n) is 7.94. The summed E-state index contributed by atoms with van der Waals surface area (Å²) < 4.78 is 48.8. The molecular weight excluding hydrogens is 375 g/mol. The lowest BCUT2D eigenvalue weighted by Gasteiger charge is -2.14. The van der Waals surface area contributed by atoms with E-state index in [4.69, 9.17) is 11.2 Å². The molecule has 3 rings (SSSR count). The Labute approximate surface area is 157 Å². The number of terminal acetylenes is 1. The summed E-state index contributed by atoms with van der Waals surface area (Å²) >= 11 is 0. The Morgan fingerprint density at radius 1 is 1.36 bits per heavy atom. The molecule has 3 aromatic rings. The summed E-state index contributed by atoms with van der Waals surface area (Å²) in [6, 6.07) is 3.29. The fourth-order valence-electron chi connectivity index (χ4n) is 2.76. The van der Waals surface area contributed by atoms with Crippen LogP contribution < -0.4 is 4.74 Å². The van der Waals surface area contributed by atoms with Crippen molar-refractivity contribution in [3.63, 3.8) is 0 Å². The van der Waals surface area contributed by atoms with Crippen molar-refractivity contribution >= 4 is 5.78 Å². The van der Waals surface area contributed by atoms with Gasteiger partial charge in [0.05, 0.1) is 16.9 Å². The molecule has 0 atom stereocenters. The number of alkyl halides is 3. The molecule has 10 heteroatoms. The van der Waals surface area contributed by atoms with Crippen molar-refractivity contribution in [1.82, 2.24) is 24.5 Å². The predicted molar refractivity (Wildman–Crippen MR) is 92.1 cm³/mol. The molecule has 28 heavy (non-hydrogen) atoms. The van der Waals surface area contributed by atoms with Gasteiger partial charge in [-0.25, -0.2) is 14.3 Å². The zero-order chi connectivity index (χ0) is 20.5. The number of rotatable bonds is 5. The Morgan fingerprint density at radius 2 is 2.11 bits per heavy atom. The zero-order valence-corrected chi connectivity index (χ0v) is 14.9. The van der Waals surface area contributed by atoms with E-state index in [2.05, 4.69) is 21.1 Å². The van der Waals surface area contributed by atoms with Gasteiger partial charge in [0.15, 0.2) is 6.61 Å². The van der Waals surface area contributed by atoms with E-state index in [-0.39, 0.29) is 29.4 Å². The molecule has 0 spiro atoms. The van der Waals surface area contributed by atoms with Gasteiger partial charge >= 0.3 is 6.18 Å². The second-order valence-corrected chi connectivity index (χ2v) is 5.78. The number of aryl methyl sites for hydroxylation is 2. The first-order valence-corrected chi connectivity index (χ1v) is 7.94. The lowest BCUT2D eigenvalue weighted by molar-refractivity contribution is -0.137. The van der Waals surface area contributed by atoms with Crippen LogP contribution in [0.3, 0.4) is 0 Å². The fourth-order valence-corrected chi connectivity index (χ4v) is 2.76. The minimum Gasteiger partial charge on any atom is -0.464 e. The van der Waals surface area contributed by atoms with Crippen LogP contribution in [0.15, 0.2) is 30.9 Å². The molecule has 2 aromatic heterocycles. The van der Waals surface area contributed by atoms with Gasteiger partial charge in [-0.2, -0.15) is 23.4 Å². The summed E-state index contributed by atoms with van der Waals surface area (Å²) in [7, 11) is 1.51. The van der Waals surface area contributed by atoms with E-state index in [9.17, 15) is 18.0 Å². The molecular formula is C18H14F3N5O2. The number of carbonyl (C=O) groups excluding carboxylic acids is 1. The Bertz CT molecular complexity index is 1060. The lowest BCUT2D eigenvalue weighted by atomic mass is 9.97. The summed E-state index contributed by atoms with van der Waals surface area (Å²) in [5.74, 6) is 1.39. The van der Waals surface area contributed by atoms with Crippen LogP contribution in [0.25, 0.3) is 5.69 Å². The van der Waals surface area contributed by atoms with Gasteiger partial charge in [0.2, 0.25) is 11.7 Å². The fraction of sp³-hybridized carbons (Fsp3) is 0.222. The van der Waals surface area contributed by atoms with Gasteiger partial charge in [-0.15, -0.1) is 6.42 Å². The monoisotopic (exact) mass is 389 g/mol. The van der Waals surface area contributed by atoms with Gasteiger partial charge in [-0.05, 0) is 25.1 Å². The van der Waals surface area contributed by atoms with Crippen molar-refractivity contribution in [2.75, 3.05) is 6.61 Å². The quantitative estimate of drug-likeness (QED) is 0.495. The molecule has 144 valence electrons. The third kappa shape index (κ3) is 3.46. The molecule has 0 aliphatic heterocycles. The number of benzene rings is 1. The topological polar surface area (TPSA) is 74.8 Å². The standard InChI is InChI=1S/C18H14F3N5O2/c1-4-7-28-17-15(11(2)24-25(17)3)16(27)13-6-5-12(26-10-22-9-23-26)8-14(13)18(19,20)21/h1,5-6,8-10H,7H2,2-3H3. The molecule has 1 aromatic carbocycles. The van der Waals surface area contributed by atoms with E-state index in [1.807, 2.05) is 0 Å². The average molecular weight is 389 g/mol.